The molecule has 0 radical (unpaired) electrons. The summed E-state index contributed by atoms with van der Waals surface area (Å²) in [6.45, 7) is 0. The molecule has 0 fully saturated rings. The summed E-state index contributed by atoms with van der Waals surface area (Å²) in [6.07, 6.45) is 1.21. The van der Waals surface area contributed by atoms with Crippen molar-refractivity contribution in [2.24, 2.45) is 0 Å². The SMILES string of the molecule is COC(=O)c1cnc(Nc2cc(F)cc(F)c2F)s1. The molecule has 0 unspecified atom stereocenters. The molecule has 8 heteroatoms. The number of ether oxygens (including phenoxy) is 1. The summed E-state index contributed by atoms with van der Waals surface area (Å²) in [5.41, 5.74) is -0.400. The smallest absolute Gasteiger partial charge is 0.349 e. The van der Waals surface area contributed by atoms with Crippen molar-refractivity contribution in [2.75, 3.05) is 12.4 Å². The van der Waals surface area contributed by atoms with E-state index in [9.17, 15) is 18.0 Å². The number of benzene rings is 1. The van der Waals surface area contributed by atoms with Gasteiger partial charge in [0.25, 0.3) is 0 Å². The third kappa shape index (κ3) is 2.84. The average Bonchev–Trinajstić information content (AvgIpc) is 2.83. The number of methoxy groups -OCH3 is 1. The van der Waals surface area contributed by atoms with E-state index in [0.29, 0.717) is 6.07 Å². The van der Waals surface area contributed by atoms with Gasteiger partial charge in [0, 0.05) is 12.1 Å². The van der Waals surface area contributed by atoms with E-state index in [0.717, 1.165) is 17.4 Å². The zero-order valence-electron chi connectivity index (χ0n) is 9.54. The van der Waals surface area contributed by atoms with Gasteiger partial charge >= 0.3 is 5.97 Å². The lowest BCUT2D eigenvalue weighted by atomic mass is 10.3. The molecule has 0 amide bonds. The second-order valence-electron chi connectivity index (χ2n) is 3.40. The highest BCUT2D eigenvalue weighted by atomic mass is 32.1. The molecule has 0 saturated carbocycles. The molecule has 19 heavy (non-hydrogen) atoms. The number of hydrogen-bond acceptors (Lipinski definition) is 5. The first-order chi connectivity index (χ1) is 9.01. The molecule has 0 aliphatic carbocycles. The van der Waals surface area contributed by atoms with Crippen molar-refractivity contribution in [1.29, 1.82) is 0 Å². The average molecular weight is 288 g/mol. The fourth-order valence-corrected chi connectivity index (χ4v) is 2.04. The molecule has 0 saturated heterocycles. The topological polar surface area (TPSA) is 51.2 Å². The van der Waals surface area contributed by atoms with Crippen LogP contribution in [0.5, 0.6) is 0 Å². The molecule has 1 N–H and O–H groups in total. The van der Waals surface area contributed by atoms with Crippen LogP contribution in [0.2, 0.25) is 0 Å². The summed E-state index contributed by atoms with van der Waals surface area (Å²) in [7, 11) is 1.21. The van der Waals surface area contributed by atoms with E-state index < -0.39 is 29.1 Å². The molecule has 100 valence electrons. The zero-order chi connectivity index (χ0) is 14.0. The first-order valence-electron chi connectivity index (χ1n) is 4.97. The molecule has 1 aromatic heterocycles. The Morgan fingerprint density at radius 1 is 1.37 bits per heavy atom. The Kier molecular flexibility index (Phi) is 3.70. The van der Waals surface area contributed by atoms with Gasteiger partial charge in [0.05, 0.1) is 19.0 Å². The Labute approximate surface area is 109 Å². The summed E-state index contributed by atoms with van der Waals surface area (Å²) in [5, 5.41) is 2.51. The van der Waals surface area contributed by atoms with Crippen molar-refractivity contribution in [3.05, 3.63) is 40.7 Å². The van der Waals surface area contributed by atoms with Gasteiger partial charge in [0.2, 0.25) is 0 Å². The summed E-state index contributed by atoms with van der Waals surface area (Å²) in [6, 6.07) is 1.22. The highest BCUT2D eigenvalue weighted by Crippen LogP contribution is 2.26. The molecule has 0 spiro atoms. The van der Waals surface area contributed by atoms with Crippen LogP contribution < -0.4 is 5.32 Å². The molecule has 2 aromatic rings. The Hall–Kier alpha value is -2.09. The van der Waals surface area contributed by atoms with Crippen LogP contribution >= 0.6 is 11.3 Å². The van der Waals surface area contributed by atoms with E-state index in [1.54, 1.807) is 0 Å². The van der Waals surface area contributed by atoms with Gasteiger partial charge in [-0.2, -0.15) is 0 Å². The fraction of sp³-hybridized carbons (Fsp3) is 0.0909. The van der Waals surface area contributed by atoms with Crippen LogP contribution in [0.25, 0.3) is 0 Å². The fourth-order valence-electron chi connectivity index (χ4n) is 1.29. The van der Waals surface area contributed by atoms with Gasteiger partial charge in [-0.05, 0) is 0 Å². The number of nitrogens with one attached hydrogen (secondary N) is 1. The number of rotatable bonds is 3. The van der Waals surface area contributed by atoms with Gasteiger partial charge < -0.3 is 10.1 Å². The normalized spacial score (nSPS) is 10.3. The van der Waals surface area contributed by atoms with Gasteiger partial charge in [-0.15, -0.1) is 0 Å². The van der Waals surface area contributed by atoms with Gasteiger partial charge in [-0.1, -0.05) is 11.3 Å². The molecule has 0 atom stereocenters. The van der Waals surface area contributed by atoms with Crippen LogP contribution in [0.1, 0.15) is 9.67 Å². The quantitative estimate of drug-likeness (QED) is 0.696. The van der Waals surface area contributed by atoms with Gasteiger partial charge in [0.1, 0.15) is 10.7 Å². The molecule has 0 bridgehead atoms. The van der Waals surface area contributed by atoms with Crippen molar-refractivity contribution in [1.82, 2.24) is 4.98 Å². The second kappa shape index (κ2) is 5.27. The lowest BCUT2D eigenvalue weighted by molar-refractivity contribution is 0.0606. The van der Waals surface area contributed by atoms with Crippen LogP contribution in [0, 0.1) is 17.5 Å². The molecular formula is C11H7F3N2O2S. The van der Waals surface area contributed by atoms with Crippen LogP contribution in [-0.4, -0.2) is 18.1 Å². The Morgan fingerprint density at radius 2 is 2.11 bits per heavy atom. The maximum Gasteiger partial charge on any atom is 0.349 e. The summed E-state index contributed by atoms with van der Waals surface area (Å²) in [5.74, 6) is -4.06. The molecular weight excluding hydrogens is 281 g/mol. The van der Waals surface area contributed by atoms with Crippen molar-refractivity contribution in [2.45, 2.75) is 0 Å². The van der Waals surface area contributed by atoms with Gasteiger partial charge in [-0.25, -0.2) is 22.9 Å². The van der Waals surface area contributed by atoms with Crippen molar-refractivity contribution >= 4 is 28.1 Å². The number of carbonyl (C=O) groups excluding carboxylic acids is 1. The van der Waals surface area contributed by atoms with E-state index in [4.69, 9.17) is 0 Å². The third-order valence-electron chi connectivity index (χ3n) is 2.13. The summed E-state index contributed by atoms with van der Waals surface area (Å²) in [4.78, 5) is 15.1. The number of nitrogens with zero attached hydrogens (tertiary/aromatic N) is 1. The van der Waals surface area contributed by atoms with E-state index in [2.05, 4.69) is 15.0 Å². The molecule has 4 nitrogen and oxygen atoms in total. The minimum atomic E-state index is -1.31. The maximum atomic E-state index is 13.4. The van der Waals surface area contributed by atoms with Crippen molar-refractivity contribution in [3.8, 4) is 0 Å². The Bertz CT molecular complexity index is 630. The number of esters is 1. The van der Waals surface area contributed by atoms with Gasteiger partial charge in [0.15, 0.2) is 16.8 Å². The maximum absolute atomic E-state index is 13.4. The van der Waals surface area contributed by atoms with Crippen LogP contribution in [0.3, 0.4) is 0 Å². The first kappa shape index (κ1) is 13.3. The molecule has 2 rings (SSSR count). The highest BCUT2D eigenvalue weighted by Gasteiger charge is 2.14. The van der Waals surface area contributed by atoms with Crippen LogP contribution in [-0.2, 0) is 4.74 Å². The standard InChI is InChI=1S/C11H7F3N2O2S/c1-18-10(17)8-4-15-11(19-8)16-7-3-5(12)2-6(13)9(7)14/h2-4H,1H3,(H,15,16). The van der Waals surface area contributed by atoms with E-state index in [1.807, 2.05) is 0 Å². The predicted molar refractivity (Wildman–Crippen MR) is 63.1 cm³/mol. The number of carbonyl (C=O) groups is 1. The number of anilines is 2. The lowest BCUT2D eigenvalue weighted by Gasteiger charge is -2.04. The minimum absolute atomic E-state index is 0.115. The third-order valence-corrected chi connectivity index (χ3v) is 3.02. The Morgan fingerprint density at radius 3 is 2.79 bits per heavy atom. The first-order valence-corrected chi connectivity index (χ1v) is 5.78. The number of thiazole rings is 1. The molecule has 1 aromatic carbocycles. The number of halogens is 3. The zero-order valence-corrected chi connectivity index (χ0v) is 10.4. The number of hydrogen-bond donors (Lipinski definition) is 1. The molecule has 1 heterocycles. The van der Waals surface area contributed by atoms with Crippen LogP contribution in [0.4, 0.5) is 24.0 Å². The summed E-state index contributed by atoms with van der Waals surface area (Å²) >= 11 is 0.872. The highest BCUT2D eigenvalue weighted by molar-refractivity contribution is 7.17. The largest absolute Gasteiger partial charge is 0.465 e. The minimum Gasteiger partial charge on any atom is -0.465 e. The lowest BCUT2D eigenvalue weighted by Crippen LogP contribution is -1.97. The van der Waals surface area contributed by atoms with E-state index in [-0.39, 0.29) is 10.0 Å². The van der Waals surface area contributed by atoms with Crippen molar-refractivity contribution in [3.63, 3.8) is 0 Å². The van der Waals surface area contributed by atoms with Gasteiger partial charge in [-0.3, -0.25) is 0 Å². The molecule has 0 aliphatic heterocycles. The second-order valence-corrected chi connectivity index (χ2v) is 4.43. The predicted octanol–water partition coefficient (Wildman–Crippen LogP) is 3.09. The number of aromatic nitrogens is 1. The summed E-state index contributed by atoms with van der Waals surface area (Å²) < 4.78 is 43.8. The van der Waals surface area contributed by atoms with E-state index in [1.165, 1.54) is 13.3 Å². The van der Waals surface area contributed by atoms with Crippen LogP contribution in [0.15, 0.2) is 18.3 Å². The Balaban J connectivity index is 2.26. The van der Waals surface area contributed by atoms with Crippen molar-refractivity contribution < 1.29 is 22.7 Å². The van der Waals surface area contributed by atoms with E-state index >= 15 is 0 Å². The molecule has 0 aliphatic rings. The monoisotopic (exact) mass is 288 g/mol.